The van der Waals surface area contributed by atoms with E-state index in [1.165, 1.54) is 12.5 Å². The minimum absolute atomic E-state index is 0.00402. The number of hydrogen-bond acceptors (Lipinski definition) is 2. The van der Waals surface area contributed by atoms with Crippen molar-refractivity contribution in [3.63, 3.8) is 0 Å². The van der Waals surface area contributed by atoms with Crippen molar-refractivity contribution in [2.45, 2.75) is 18.8 Å². The Kier molecular flexibility index (Phi) is 6.59. The van der Waals surface area contributed by atoms with Crippen LogP contribution in [0.1, 0.15) is 16.7 Å². The smallest absolute Gasteiger partial charge is 0.416 e. The number of amides is 1. The van der Waals surface area contributed by atoms with Gasteiger partial charge in [-0.3, -0.25) is 4.57 Å². The van der Waals surface area contributed by atoms with Crippen LogP contribution in [0.3, 0.4) is 0 Å². The molecular weight excluding hydrogens is 506 g/mol. The van der Waals surface area contributed by atoms with E-state index in [4.69, 9.17) is 4.74 Å². The Bertz CT molecular complexity index is 1140. The normalized spacial score (nSPS) is 12.1. The highest BCUT2D eigenvalue weighted by Crippen LogP contribution is 2.37. The number of carbonyl (C=O) groups is 1. The summed E-state index contributed by atoms with van der Waals surface area (Å²) in [7, 11) is 0. The molecule has 2 aromatic carbocycles. The summed E-state index contributed by atoms with van der Waals surface area (Å²) in [5.74, 6) is 0. The Labute approximate surface area is 186 Å². The summed E-state index contributed by atoms with van der Waals surface area (Å²) in [6.07, 6.45) is -6.94. The van der Waals surface area contributed by atoms with Crippen LogP contribution in [0.15, 0.2) is 59.9 Å². The van der Waals surface area contributed by atoms with Crippen LogP contribution in [-0.4, -0.2) is 17.2 Å². The van der Waals surface area contributed by atoms with Gasteiger partial charge >= 0.3 is 18.4 Å². The van der Waals surface area contributed by atoms with E-state index in [1.54, 1.807) is 18.2 Å². The van der Waals surface area contributed by atoms with Gasteiger partial charge in [0, 0.05) is 28.2 Å². The lowest BCUT2D eigenvalue weighted by Crippen LogP contribution is -2.20. The minimum atomic E-state index is -5.02. The number of benzene rings is 2. The Morgan fingerprint density at radius 3 is 2.25 bits per heavy atom. The molecule has 0 unspecified atom stereocenters. The second-order valence-electron chi connectivity index (χ2n) is 6.70. The second kappa shape index (κ2) is 8.89. The number of aromatic nitrogens is 1. The molecule has 0 fully saturated rings. The number of carbonyl (C=O) groups excluding carboxylic acids is 1. The van der Waals surface area contributed by atoms with Crippen molar-refractivity contribution in [3.8, 4) is 0 Å². The summed E-state index contributed by atoms with van der Waals surface area (Å²) in [6.45, 7) is 3.70. The van der Waals surface area contributed by atoms with Crippen LogP contribution in [0.5, 0.6) is 0 Å². The molecular formula is C21H15BrF6N2O2. The molecule has 0 saturated carbocycles. The summed E-state index contributed by atoms with van der Waals surface area (Å²) in [6, 6.07) is 4.99. The maximum Gasteiger partial charge on any atom is 0.416 e. The standard InChI is InChI=1S/C21H15BrF6N2O2/c1-2-32-6-5-12-11-30(18-4-3-15(22)10-17(12)18)19(31)29-16-8-13(20(23,24)25)7-14(9-16)21(26,27)28/h2-4,7-11H,1,5-6H2,(H,29,31). The van der Waals surface area contributed by atoms with E-state index in [2.05, 4.69) is 27.8 Å². The SMILES string of the molecule is C=COCCc1cn(C(=O)Nc2cc(C(F)(F)F)cc(C(F)(F)F)c2)c2ccc(Br)cc12. The summed E-state index contributed by atoms with van der Waals surface area (Å²) in [5, 5.41) is 2.80. The van der Waals surface area contributed by atoms with Gasteiger partial charge in [-0.25, -0.2) is 4.79 Å². The van der Waals surface area contributed by atoms with Crippen LogP contribution >= 0.6 is 15.9 Å². The quantitative estimate of drug-likeness (QED) is 0.219. The van der Waals surface area contributed by atoms with Crippen LogP contribution in [0.25, 0.3) is 10.9 Å². The fourth-order valence-electron chi connectivity index (χ4n) is 3.10. The summed E-state index contributed by atoms with van der Waals surface area (Å²) >= 11 is 3.33. The molecule has 1 heterocycles. The first kappa shape index (κ1) is 23.7. The molecule has 0 atom stereocenters. The van der Waals surface area contributed by atoms with Crippen LogP contribution in [0, 0.1) is 0 Å². The third-order valence-electron chi connectivity index (χ3n) is 4.51. The van der Waals surface area contributed by atoms with Crippen molar-refractivity contribution in [2.75, 3.05) is 11.9 Å². The van der Waals surface area contributed by atoms with Gasteiger partial charge in [0.1, 0.15) is 0 Å². The first-order valence-electron chi connectivity index (χ1n) is 9.03. The molecule has 170 valence electrons. The molecule has 0 saturated heterocycles. The molecule has 0 aliphatic carbocycles. The molecule has 4 nitrogen and oxygen atoms in total. The van der Waals surface area contributed by atoms with Gasteiger partial charge in [-0.1, -0.05) is 22.5 Å². The summed E-state index contributed by atoms with van der Waals surface area (Å²) < 4.78 is 85.5. The van der Waals surface area contributed by atoms with Gasteiger partial charge in [-0.15, -0.1) is 0 Å². The van der Waals surface area contributed by atoms with Crippen molar-refractivity contribution < 1.29 is 35.9 Å². The van der Waals surface area contributed by atoms with Crippen molar-refractivity contribution in [2.24, 2.45) is 0 Å². The summed E-state index contributed by atoms with van der Waals surface area (Å²) in [5.41, 5.74) is -2.56. The Balaban J connectivity index is 2.01. The van der Waals surface area contributed by atoms with Gasteiger partial charge in [0.25, 0.3) is 0 Å². The van der Waals surface area contributed by atoms with Crippen LogP contribution in [0.2, 0.25) is 0 Å². The van der Waals surface area contributed by atoms with Gasteiger partial charge in [-0.2, -0.15) is 26.3 Å². The predicted molar refractivity (Wildman–Crippen MR) is 110 cm³/mol. The zero-order chi connectivity index (χ0) is 23.7. The number of rotatable bonds is 5. The lowest BCUT2D eigenvalue weighted by atomic mass is 10.1. The van der Waals surface area contributed by atoms with Gasteiger partial charge in [0.05, 0.1) is 29.5 Å². The summed E-state index contributed by atoms with van der Waals surface area (Å²) in [4.78, 5) is 12.8. The number of ether oxygens (including phenoxy) is 1. The number of alkyl halides is 6. The largest absolute Gasteiger partial charge is 0.501 e. The molecule has 3 rings (SSSR count). The fourth-order valence-corrected chi connectivity index (χ4v) is 3.46. The van der Waals surface area contributed by atoms with Crippen molar-refractivity contribution in [1.82, 2.24) is 4.57 Å². The van der Waals surface area contributed by atoms with Gasteiger partial charge < -0.3 is 10.1 Å². The average molecular weight is 521 g/mol. The zero-order valence-corrected chi connectivity index (χ0v) is 17.7. The first-order chi connectivity index (χ1) is 14.9. The molecule has 11 heteroatoms. The molecule has 3 aromatic rings. The first-order valence-corrected chi connectivity index (χ1v) is 9.82. The molecule has 0 radical (unpaired) electrons. The Morgan fingerprint density at radius 1 is 1.06 bits per heavy atom. The highest BCUT2D eigenvalue weighted by Gasteiger charge is 2.37. The molecule has 1 aromatic heterocycles. The van der Waals surface area contributed by atoms with E-state index >= 15 is 0 Å². The van der Waals surface area contributed by atoms with Crippen LogP contribution in [0.4, 0.5) is 36.8 Å². The molecule has 0 aliphatic heterocycles. The molecule has 1 N–H and O–H groups in total. The zero-order valence-electron chi connectivity index (χ0n) is 16.1. The minimum Gasteiger partial charge on any atom is -0.501 e. The van der Waals surface area contributed by atoms with E-state index in [9.17, 15) is 31.1 Å². The van der Waals surface area contributed by atoms with E-state index in [-0.39, 0.29) is 12.7 Å². The van der Waals surface area contributed by atoms with Crippen molar-refractivity contribution in [1.29, 1.82) is 0 Å². The molecule has 1 amide bonds. The molecule has 0 spiro atoms. The molecule has 0 aliphatic rings. The van der Waals surface area contributed by atoms with Crippen LogP contribution in [-0.2, 0) is 23.5 Å². The van der Waals surface area contributed by atoms with Crippen molar-refractivity contribution >= 4 is 38.6 Å². The molecule has 0 bridgehead atoms. The molecule has 32 heavy (non-hydrogen) atoms. The third-order valence-corrected chi connectivity index (χ3v) is 5.01. The lowest BCUT2D eigenvalue weighted by Gasteiger charge is -2.15. The maximum absolute atomic E-state index is 13.1. The maximum atomic E-state index is 13.1. The number of nitrogens with one attached hydrogen (secondary N) is 1. The lowest BCUT2D eigenvalue weighted by molar-refractivity contribution is -0.143. The second-order valence-corrected chi connectivity index (χ2v) is 7.61. The number of hydrogen-bond donors (Lipinski definition) is 1. The monoisotopic (exact) mass is 520 g/mol. The van der Waals surface area contributed by atoms with Crippen molar-refractivity contribution in [3.05, 3.63) is 76.6 Å². The highest BCUT2D eigenvalue weighted by molar-refractivity contribution is 9.10. The van der Waals surface area contributed by atoms with Gasteiger partial charge in [0.2, 0.25) is 0 Å². The number of fused-ring (bicyclic) bond motifs is 1. The van der Waals surface area contributed by atoms with E-state index in [0.717, 1.165) is 9.04 Å². The number of nitrogens with zero attached hydrogens (tertiary/aromatic N) is 1. The topological polar surface area (TPSA) is 43.3 Å². The Morgan fingerprint density at radius 2 is 1.69 bits per heavy atom. The van der Waals surface area contributed by atoms with E-state index in [0.29, 0.717) is 35.0 Å². The van der Waals surface area contributed by atoms with E-state index < -0.39 is 35.2 Å². The average Bonchev–Trinajstić information content (AvgIpc) is 3.04. The van der Waals surface area contributed by atoms with E-state index in [1.807, 2.05) is 0 Å². The predicted octanol–water partition coefficient (Wildman–Crippen LogP) is 7.22. The van der Waals surface area contributed by atoms with Gasteiger partial charge in [0.15, 0.2) is 0 Å². The fraction of sp³-hybridized carbons (Fsp3) is 0.190. The Hall–Kier alpha value is -2.95. The number of anilines is 1. The highest BCUT2D eigenvalue weighted by atomic mass is 79.9. The number of halogens is 7. The third kappa shape index (κ3) is 5.26. The van der Waals surface area contributed by atoms with Gasteiger partial charge in [-0.05, 0) is 42.0 Å². The van der Waals surface area contributed by atoms with Crippen LogP contribution < -0.4 is 5.32 Å².